The number of anilines is 2. The number of pyridine rings is 1. The van der Waals surface area contributed by atoms with Crippen molar-refractivity contribution < 1.29 is 4.74 Å². The van der Waals surface area contributed by atoms with E-state index in [1.165, 1.54) is 0 Å². The third-order valence-electron chi connectivity index (χ3n) is 3.34. The van der Waals surface area contributed by atoms with Crippen molar-refractivity contribution in [2.75, 3.05) is 11.5 Å². The van der Waals surface area contributed by atoms with Crippen LogP contribution in [-0.4, -0.2) is 4.98 Å². The molecular weight excluding hydrogens is 274 g/mol. The van der Waals surface area contributed by atoms with Gasteiger partial charge in [-0.15, -0.1) is 0 Å². The molecule has 2 aromatic carbocycles. The third-order valence-corrected chi connectivity index (χ3v) is 3.34. The molecule has 0 aliphatic rings. The van der Waals surface area contributed by atoms with E-state index < -0.39 is 0 Å². The highest BCUT2D eigenvalue weighted by Crippen LogP contribution is 2.28. The molecule has 0 fully saturated rings. The van der Waals surface area contributed by atoms with Gasteiger partial charge in [-0.1, -0.05) is 42.5 Å². The maximum absolute atomic E-state index is 5.94. The average molecular weight is 291 g/mol. The van der Waals surface area contributed by atoms with Gasteiger partial charge in [-0.3, -0.25) is 0 Å². The molecule has 0 aliphatic carbocycles. The van der Waals surface area contributed by atoms with Crippen LogP contribution in [0.1, 0.15) is 5.56 Å². The Balaban J connectivity index is 1.80. The zero-order valence-corrected chi connectivity index (χ0v) is 12.1. The summed E-state index contributed by atoms with van der Waals surface area (Å²) in [5, 5.41) is 0. The van der Waals surface area contributed by atoms with Gasteiger partial charge < -0.3 is 16.2 Å². The van der Waals surface area contributed by atoms with Gasteiger partial charge in [-0.2, -0.15) is 0 Å². The lowest BCUT2D eigenvalue weighted by Gasteiger charge is -2.10. The van der Waals surface area contributed by atoms with Gasteiger partial charge >= 0.3 is 0 Å². The molecule has 3 rings (SSSR count). The molecule has 0 bridgehead atoms. The predicted molar refractivity (Wildman–Crippen MR) is 89.3 cm³/mol. The Morgan fingerprint density at radius 1 is 0.864 bits per heavy atom. The molecule has 4 nitrogen and oxygen atoms in total. The summed E-state index contributed by atoms with van der Waals surface area (Å²) in [6.45, 7) is 0.528. The monoisotopic (exact) mass is 291 g/mol. The van der Waals surface area contributed by atoms with E-state index in [1.807, 2.05) is 60.7 Å². The van der Waals surface area contributed by atoms with Crippen LogP contribution in [0.5, 0.6) is 5.75 Å². The Morgan fingerprint density at radius 2 is 1.68 bits per heavy atom. The Morgan fingerprint density at radius 3 is 2.45 bits per heavy atom. The van der Waals surface area contributed by atoms with Crippen molar-refractivity contribution in [1.82, 2.24) is 4.98 Å². The summed E-state index contributed by atoms with van der Waals surface area (Å²) in [5.74, 6) is 1.62. The van der Waals surface area contributed by atoms with Crippen LogP contribution in [-0.2, 0) is 6.61 Å². The maximum atomic E-state index is 5.94. The zero-order valence-electron chi connectivity index (χ0n) is 12.1. The average Bonchev–Trinajstić information content (AvgIpc) is 2.54. The summed E-state index contributed by atoms with van der Waals surface area (Å²) in [4.78, 5) is 4.09. The largest absolute Gasteiger partial charge is 0.489 e. The molecule has 22 heavy (non-hydrogen) atoms. The number of nitrogen functional groups attached to an aromatic ring is 2. The second-order valence-electron chi connectivity index (χ2n) is 4.97. The van der Waals surface area contributed by atoms with Crippen LogP contribution in [0.15, 0.2) is 66.7 Å². The third kappa shape index (κ3) is 3.17. The Kier molecular flexibility index (Phi) is 3.92. The molecule has 0 aliphatic heterocycles. The van der Waals surface area contributed by atoms with Crippen LogP contribution < -0.4 is 16.2 Å². The summed E-state index contributed by atoms with van der Waals surface area (Å²) in [5.41, 5.74) is 14.5. The summed E-state index contributed by atoms with van der Waals surface area (Å²) in [6, 6.07) is 21.4. The van der Waals surface area contributed by atoms with Crippen LogP contribution in [0.3, 0.4) is 0 Å². The van der Waals surface area contributed by atoms with Crippen LogP contribution in [0.4, 0.5) is 11.6 Å². The summed E-state index contributed by atoms with van der Waals surface area (Å²) >= 11 is 0. The van der Waals surface area contributed by atoms with E-state index >= 15 is 0 Å². The van der Waals surface area contributed by atoms with Crippen molar-refractivity contribution in [2.24, 2.45) is 0 Å². The van der Waals surface area contributed by atoms with E-state index in [-0.39, 0.29) is 0 Å². The zero-order chi connectivity index (χ0) is 15.4. The standard InChI is InChI=1S/C18H17N3O/c19-17-10-9-16(18(20)21-17)14-7-4-8-15(11-14)22-12-13-5-2-1-3-6-13/h1-11H,12H2,(H4,19,20,21). The van der Waals surface area contributed by atoms with Gasteiger partial charge in [0.1, 0.15) is 24.0 Å². The maximum Gasteiger partial charge on any atom is 0.133 e. The molecule has 0 radical (unpaired) electrons. The lowest BCUT2D eigenvalue weighted by Crippen LogP contribution is -1.99. The summed E-state index contributed by atoms with van der Waals surface area (Å²) < 4.78 is 5.83. The molecule has 4 N–H and O–H groups in total. The van der Waals surface area contributed by atoms with Crippen LogP contribution in [0.25, 0.3) is 11.1 Å². The van der Waals surface area contributed by atoms with E-state index in [0.717, 1.165) is 22.4 Å². The van der Waals surface area contributed by atoms with Gasteiger partial charge in [0, 0.05) is 5.56 Å². The number of benzene rings is 2. The lowest BCUT2D eigenvalue weighted by molar-refractivity contribution is 0.306. The van der Waals surface area contributed by atoms with Crippen LogP contribution in [0, 0.1) is 0 Å². The van der Waals surface area contributed by atoms with E-state index in [2.05, 4.69) is 4.98 Å². The van der Waals surface area contributed by atoms with E-state index in [0.29, 0.717) is 18.2 Å². The second kappa shape index (κ2) is 6.18. The number of aromatic nitrogens is 1. The van der Waals surface area contributed by atoms with Gasteiger partial charge in [0.05, 0.1) is 0 Å². The van der Waals surface area contributed by atoms with Crippen LogP contribution >= 0.6 is 0 Å². The summed E-state index contributed by atoms with van der Waals surface area (Å²) in [7, 11) is 0. The SMILES string of the molecule is Nc1ccc(-c2cccc(OCc3ccccc3)c2)c(N)n1. The normalized spacial score (nSPS) is 10.4. The van der Waals surface area contributed by atoms with Crippen LogP contribution in [0.2, 0.25) is 0 Å². The molecule has 0 saturated carbocycles. The van der Waals surface area contributed by atoms with Crippen molar-refractivity contribution in [3.8, 4) is 16.9 Å². The summed E-state index contributed by atoms with van der Waals surface area (Å²) in [6.07, 6.45) is 0. The Hall–Kier alpha value is -3.01. The van der Waals surface area contributed by atoms with Gasteiger partial charge in [0.2, 0.25) is 0 Å². The molecule has 1 heterocycles. The Labute approximate surface area is 129 Å². The predicted octanol–water partition coefficient (Wildman–Crippen LogP) is 3.49. The molecular formula is C18H17N3O. The fourth-order valence-corrected chi connectivity index (χ4v) is 2.23. The van der Waals surface area contributed by atoms with Gasteiger partial charge in [-0.05, 0) is 35.4 Å². The number of hydrogen-bond acceptors (Lipinski definition) is 4. The smallest absolute Gasteiger partial charge is 0.133 e. The lowest BCUT2D eigenvalue weighted by atomic mass is 10.1. The first-order chi connectivity index (χ1) is 10.7. The molecule has 0 unspecified atom stereocenters. The van der Waals surface area contributed by atoms with Gasteiger partial charge in [0.15, 0.2) is 0 Å². The highest BCUT2D eigenvalue weighted by molar-refractivity contribution is 5.75. The van der Waals surface area contributed by atoms with Gasteiger partial charge in [-0.25, -0.2) is 4.98 Å². The number of nitrogens with zero attached hydrogens (tertiary/aromatic N) is 1. The van der Waals surface area contributed by atoms with Crippen molar-refractivity contribution >= 4 is 11.6 Å². The number of nitrogens with two attached hydrogens (primary N) is 2. The topological polar surface area (TPSA) is 74.2 Å². The van der Waals surface area contributed by atoms with Crippen molar-refractivity contribution in [1.29, 1.82) is 0 Å². The molecule has 0 amide bonds. The molecule has 110 valence electrons. The fourth-order valence-electron chi connectivity index (χ4n) is 2.23. The number of hydrogen-bond donors (Lipinski definition) is 2. The molecule has 0 atom stereocenters. The molecule has 1 aromatic heterocycles. The van der Waals surface area contributed by atoms with E-state index in [1.54, 1.807) is 6.07 Å². The Bertz CT molecular complexity index is 772. The molecule has 0 saturated heterocycles. The molecule has 0 spiro atoms. The highest BCUT2D eigenvalue weighted by Gasteiger charge is 2.06. The minimum atomic E-state index is 0.415. The van der Waals surface area contributed by atoms with Gasteiger partial charge in [0.25, 0.3) is 0 Å². The minimum absolute atomic E-state index is 0.415. The fraction of sp³-hybridized carbons (Fsp3) is 0.0556. The second-order valence-corrected chi connectivity index (χ2v) is 4.97. The first-order valence-electron chi connectivity index (χ1n) is 7.01. The minimum Gasteiger partial charge on any atom is -0.489 e. The van der Waals surface area contributed by atoms with Crippen molar-refractivity contribution in [2.45, 2.75) is 6.61 Å². The number of ether oxygens (including phenoxy) is 1. The van der Waals surface area contributed by atoms with E-state index in [4.69, 9.17) is 16.2 Å². The highest BCUT2D eigenvalue weighted by atomic mass is 16.5. The van der Waals surface area contributed by atoms with E-state index in [9.17, 15) is 0 Å². The van der Waals surface area contributed by atoms with Crippen molar-refractivity contribution in [3.63, 3.8) is 0 Å². The van der Waals surface area contributed by atoms with Crippen molar-refractivity contribution in [3.05, 3.63) is 72.3 Å². The first kappa shape index (κ1) is 13.9. The number of rotatable bonds is 4. The quantitative estimate of drug-likeness (QED) is 0.771. The molecule has 4 heteroatoms. The first-order valence-corrected chi connectivity index (χ1v) is 7.01. The molecule has 3 aromatic rings.